The van der Waals surface area contributed by atoms with Crippen LogP contribution in [0, 0.1) is 0 Å². The molecule has 1 unspecified atom stereocenters. The third-order valence-electron chi connectivity index (χ3n) is 1.07. The van der Waals surface area contributed by atoms with Crippen LogP contribution in [-0.2, 0) is 0 Å². The number of aliphatic hydroxyl groups excluding tert-OH is 1. The summed E-state index contributed by atoms with van der Waals surface area (Å²) in [5.74, 6) is -0.249. The second-order valence-electron chi connectivity index (χ2n) is 2.06. The molecule has 0 bridgehead atoms. The van der Waals surface area contributed by atoms with Gasteiger partial charge in [-0.1, -0.05) is 6.92 Å². The van der Waals surface area contributed by atoms with Crippen molar-refractivity contribution in [3.63, 3.8) is 0 Å². The highest BCUT2D eigenvalue weighted by Crippen LogP contribution is 1.75. The summed E-state index contributed by atoms with van der Waals surface area (Å²) in [5, 5.41) is 14.2. The number of rotatable bonds is 5. The smallest absolute Gasteiger partial charge is 0.288 e. The lowest BCUT2D eigenvalue weighted by atomic mass is 9.75. The Kier molecular flexibility index (Phi) is 5.88. The predicted octanol–water partition coefficient (Wildman–Crippen LogP) is -0.695. The van der Waals surface area contributed by atoms with Gasteiger partial charge in [0.1, 0.15) is 0 Å². The van der Waals surface area contributed by atoms with E-state index in [1.807, 2.05) is 13.8 Å². The molecule has 0 spiro atoms. The summed E-state index contributed by atoms with van der Waals surface area (Å²) in [7, 11) is 1.20. The maximum absolute atomic E-state index is 10.8. The van der Waals surface area contributed by atoms with Crippen LogP contribution in [0.25, 0.3) is 0 Å². The molecule has 11 heavy (non-hydrogen) atoms. The molecule has 4 nitrogen and oxygen atoms in total. The number of carbonyl (C=O) groups is 1. The lowest BCUT2D eigenvalue weighted by Gasteiger charge is -2.08. The molecule has 1 radical (unpaired) electrons. The van der Waals surface area contributed by atoms with Crippen LogP contribution in [0.1, 0.15) is 13.8 Å². The number of amides is 1. The Morgan fingerprint density at radius 3 is 2.64 bits per heavy atom. The molecule has 0 aromatic rings. The van der Waals surface area contributed by atoms with E-state index >= 15 is 0 Å². The minimum Gasteiger partial charge on any atom is -0.387 e. The minimum atomic E-state index is -0.841. The first-order valence-electron chi connectivity index (χ1n) is 3.74. The Bertz CT molecular complexity index is 121. The van der Waals surface area contributed by atoms with E-state index < -0.39 is 6.13 Å². The third-order valence-corrected chi connectivity index (χ3v) is 1.07. The van der Waals surface area contributed by atoms with Crippen molar-refractivity contribution in [2.45, 2.75) is 20.0 Å². The Balaban J connectivity index is 3.40. The summed E-state index contributed by atoms with van der Waals surface area (Å²) in [4.78, 5) is 10.8. The number of hydrogen-bond donors (Lipinski definition) is 3. The van der Waals surface area contributed by atoms with Crippen LogP contribution in [0.15, 0.2) is 0 Å². The maximum atomic E-state index is 10.8. The van der Waals surface area contributed by atoms with Crippen molar-refractivity contribution in [3.8, 4) is 0 Å². The van der Waals surface area contributed by atoms with Crippen molar-refractivity contribution >= 4 is 13.1 Å². The van der Waals surface area contributed by atoms with Crippen molar-refractivity contribution in [1.29, 1.82) is 0 Å². The van der Waals surface area contributed by atoms with Crippen LogP contribution in [0.3, 0.4) is 0 Å². The highest BCUT2D eigenvalue weighted by atomic mass is 16.3. The van der Waals surface area contributed by atoms with Gasteiger partial charge in [0.2, 0.25) is 0 Å². The van der Waals surface area contributed by atoms with Gasteiger partial charge in [0.15, 0.2) is 5.81 Å². The average Bonchev–Trinajstić information content (AvgIpc) is 1.87. The molecule has 0 heterocycles. The van der Waals surface area contributed by atoms with Crippen molar-refractivity contribution in [2.75, 3.05) is 13.1 Å². The van der Waals surface area contributed by atoms with Gasteiger partial charge < -0.3 is 10.4 Å². The molecular weight excluding hydrogens is 143 g/mol. The summed E-state index contributed by atoms with van der Waals surface area (Å²) in [6.45, 7) is 4.89. The highest BCUT2D eigenvalue weighted by Gasteiger charge is 2.10. The Labute approximate surface area is 67.6 Å². The number of nitrogens with one attached hydrogen (secondary N) is 2. The van der Waals surface area contributed by atoms with Gasteiger partial charge in [-0.05, 0) is 13.5 Å². The summed E-state index contributed by atoms with van der Waals surface area (Å²) < 4.78 is 0. The molecule has 0 aliphatic carbocycles. The van der Waals surface area contributed by atoms with Crippen molar-refractivity contribution in [2.24, 2.45) is 0 Å². The van der Waals surface area contributed by atoms with Gasteiger partial charge in [-0.2, -0.15) is 0 Å². The van der Waals surface area contributed by atoms with E-state index in [-0.39, 0.29) is 5.81 Å². The van der Waals surface area contributed by atoms with Crippen LogP contribution in [0.4, 0.5) is 4.79 Å². The molecule has 0 aliphatic rings. The van der Waals surface area contributed by atoms with Crippen LogP contribution in [0.5, 0.6) is 0 Å². The fourth-order valence-electron chi connectivity index (χ4n) is 0.645. The Morgan fingerprint density at radius 1 is 1.55 bits per heavy atom. The molecule has 0 aliphatic heterocycles. The van der Waals surface area contributed by atoms with Crippen molar-refractivity contribution < 1.29 is 9.90 Å². The van der Waals surface area contributed by atoms with E-state index in [1.54, 1.807) is 0 Å². The molecule has 5 heteroatoms. The molecule has 0 fully saturated rings. The quantitative estimate of drug-likeness (QED) is 0.365. The summed E-state index contributed by atoms with van der Waals surface area (Å²) in [6.07, 6.45) is -0.841. The third kappa shape index (κ3) is 5.88. The molecule has 63 valence electrons. The summed E-state index contributed by atoms with van der Waals surface area (Å²) >= 11 is 0. The van der Waals surface area contributed by atoms with E-state index in [0.717, 1.165) is 0 Å². The first kappa shape index (κ1) is 10.5. The lowest BCUT2D eigenvalue weighted by Crippen LogP contribution is -2.42. The summed E-state index contributed by atoms with van der Waals surface area (Å²) in [5.41, 5.74) is 0. The molecule has 1 atom stereocenters. The fourth-order valence-corrected chi connectivity index (χ4v) is 0.645. The van der Waals surface area contributed by atoms with Gasteiger partial charge >= 0.3 is 0 Å². The maximum Gasteiger partial charge on any atom is 0.288 e. The topological polar surface area (TPSA) is 61.4 Å². The second kappa shape index (κ2) is 6.18. The monoisotopic (exact) mass is 157 g/mol. The SMILES string of the molecule is CCNC(=O)[B]C(O)NCC. The van der Waals surface area contributed by atoms with Gasteiger partial charge in [0.25, 0.3) is 7.28 Å². The van der Waals surface area contributed by atoms with Crippen LogP contribution < -0.4 is 10.6 Å². The second-order valence-corrected chi connectivity index (χ2v) is 2.06. The first-order chi connectivity index (χ1) is 5.20. The standard InChI is InChI=1S/C6H14BN2O2/c1-3-8-5(10)7-6(11)9-4-2/h5,8,10H,3-4H2,1-2H3,(H,9,11). The van der Waals surface area contributed by atoms with Gasteiger partial charge in [0, 0.05) is 6.54 Å². The fraction of sp³-hybridized carbons (Fsp3) is 0.833. The van der Waals surface area contributed by atoms with Gasteiger partial charge in [-0.25, -0.2) is 0 Å². The number of carbonyl (C=O) groups excluding carboxylic acids is 1. The van der Waals surface area contributed by atoms with E-state index in [2.05, 4.69) is 10.6 Å². The Morgan fingerprint density at radius 2 is 2.18 bits per heavy atom. The van der Waals surface area contributed by atoms with E-state index in [0.29, 0.717) is 13.1 Å². The largest absolute Gasteiger partial charge is 0.387 e. The van der Waals surface area contributed by atoms with Crippen molar-refractivity contribution in [1.82, 2.24) is 10.6 Å². The molecule has 0 aromatic carbocycles. The molecule has 0 saturated heterocycles. The lowest BCUT2D eigenvalue weighted by molar-refractivity contribution is 0.213. The zero-order valence-electron chi connectivity index (χ0n) is 6.92. The van der Waals surface area contributed by atoms with Crippen LogP contribution in [-0.4, -0.2) is 37.4 Å². The van der Waals surface area contributed by atoms with Gasteiger partial charge in [-0.3, -0.25) is 10.1 Å². The zero-order chi connectivity index (χ0) is 8.69. The molecule has 1 amide bonds. The van der Waals surface area contributed by atoms with E-state index in [1.165, 1.54) is 7.28 Å². The normalized spacial score (nSPS) is 12.3. The predicted molar refractivity (Wildman–Crippen MR) is 44.5 cm³/mol. The van der Waals surface area contributed by atoms with Gasteiger partial charge in [-0.15, -0.1) is 0 Å². The highest BCUT2D eigenvalue weighted by molar-refractivity contribution is 6.74. The first-order valence-corrected chi connectivity index (χ1v) is 3.74. The van der Waals surface area contributed by atoms with Crippen LogP contribution >= 0.6 is 0 Å². The molecule has 0 saturated carbocycles. The molecule has 0 aromatic heterocycles. The summed E-state index contributed by atoms with van der Waals surface area (Å²) in [6, 6.07) is 0. The van der Waals surface area contributed by atoms with E-state index in [9.17, 15) is 4.79 Å². The molecule has 3 N–H and O–H groups in total. The van der Waals surface area contributed by atoms with Crippen molar-refractivity contribution in [3.05, 3.63) is 0 Å². The number of hydrogen-bond acceptors (Lipinski definition) is 3. The zero-order valence-corrected chi connectivity index (χ0v) is 6.92. The molecular formula is C6H14BN2O2. The number of aliphatic hydroxyl groups is 1. The van der Waals surface area contributed by atoms with Gasteiger partial charge in [0.05, 0.1) is 6.13 Å². The minimum absolute atomic E-state index is 0.249. The molecule has 0 rings (SSSR count). The average molecular weight is 157 g/mol. The van der Waals surface area contributed by atoms with E-state index in [4.69, 9.17) is 5.11 Å². The Hall–Kier alpha value is -0.545. The van der Waals surface area contributed by atoms with Crippen LogP contribution in [0.2, 0.25) is 0 Å².